The van der Waals surface area contributed by atoms with Gasteiger partial charge in [-0.05, 0) is 30.9 Å². The van der Waals surface area contributed by atoms with Gasteiger partial charge in [0.25, 0.3) is 5.91 Å². The van der Waals surface area contributed by atoms with Crippen molar-refractivity contribution in [2.45, 2.75) is 39.2 Å². The third-order valence-corrected chi connectivity index (χ3v) is 4.21. The molecule has 0 spiro atoms. The van der Waals surface area contributed by atoms with Crippen molar-refractivity contribution < 1.29 is 9.59 Å². The highest BCUT2D eigenvalue weighted by Crippen LogP contribution is 2.17. The summed E-state index contributed by atoms with van der Waals surface area (Å²) in [7, 11) is 0. The number of hydrogen-bond donors (Lipinski definition) is 1. The lowest BCUT2D eigenvalue weighted by molar-refractivity contribution is -0.133. The molecule has 0 bridgehead atoms. The summed E-state index contributed by atoms with van der Waals surface area (Å²) in [6.45, 7) is 5.51. The van der Waals surface area contributed by atoms with Crippen molar-refractivity contribution in [1.29, 1.82) is 0 Å². The van der Waals surface area contributed by atoms with E-state index < -0.39 is 0 Å². The number of halogens is 1. The molecular weight excluding hydrogens is 300 g/mol. The van der Waals surface area contributed by atoms with Gasteiger partial charge in [0.2, 0.25) is 5.91 Å². The van der Waals surface area contributed by atoms with E-state index in [1.54, 1.807) is 24.3 Å². The normalized spacial score (nSPS) is 15.9. The van der Waals surface area contributed by atoms with Crippen LogP contribution in [0.1, 0.15) is 43.5 Å². The molecule has 5 heteroatoms. The Balaban J connectivity index is 1.84. The first kappa shape index (κ1) is 16.8. The summed E-state index contributed by atoms with van der Waals surface area (Å²) in [5, 5.41) is 3.48. The van der Waals surface area contributed by atoms with Gasteiger partial charge in [-0.1, -0.05) is 37.6 Å². The zero-order valence-electron chi connectivity index (χ0n) is 13.1. The molecule has 0 aromatic heterocycles. The second-order valence-electron chi connectivity index (χ2n) is 6.21. The Morgan fingerprint density at radius 3 is 2.50 bits per heavy atom. The van der Waals surface area contributed by atoms with Crippen LogP contribution in [0, 0.1) is 5.92 Å². The van der Waals surface area contributed by atoms with Gasteiger partial charge in [0.1, 0.15) is 0 Å². The van der Waals surface area contributed by atoms with Crippen LogP contribution >= 0.6 is 11.6 Å². The summed E-state index contributed by atoms with van der Waals surface area (Å²) in [5.41, 5.74) is 0.502. The maximum atomic E-state index is 12.2. The van der Waals surface area contributed by atoms with Crippen LogP contribution in [0.4, 0.5) is 0 Å². The number of benzene rings is 1. The molecule has 1 aliphatic heterocycles. The van der Waals surface area contributed by atoms with Gasteiger partial charge in [0.05, 0.1) is 10.6 Å². The molecule has 120 valence electrons. The van der Waals surface area contributed by atoms with E-state index in [2.05, 4.69) is 19.2 Å². The Kier molecular flexibility index (Phi) is 5.83. The van der Waals surface area contributed by atoms with Crippen molar-refractivity contribution >= 4 is 23.4 Å². The minimum absolute atomic E-state index is 0.104. The van der Waals surface area contributed by atoms with Crippen molar-refractivity contribution in [3.8, 4) is 0 Å². The first-order valence-corrected chi connectivity index (χ1v) is 8.18. The van der Waals surface area contributed by atoms with Crippen molar-refractivity contribution in [3.63, 3.8) is 0 Å². The number of nitrogens with one attached hydrogen (secondary N) is 1. The Labute approximate surface area is 136 Å². The molecule has 1 N–H and O–H groups in total. The number of carbonyl (C=O) groups excluding carboxylic acids is 2. The third kappa shape index (κ3) is 4.47. The standard InChI is InChI=1S/C17H23ClN2O2/c1-12(2)11-16(21)20-9-7-13(8-10-20)19-17(22)14-5-3-4-6-15(14)18/h3-6,12-13H,7-11H2,1-2H3,(H,19,22). The Morgan fingerprint density at radius 1 is 1.27 bits per heavy atom. The smallest absolute Gasteiger partial charge is 0.253 e. The van der Waals surface area contributed by atoms with Crippen LogP contribution < -0.4 is 5.32 Å². The summed E-state index contributed by atoms with van der Waals surface area (Å²) < 4.78 is 0. The first-order valence-electron chi connectivity index (χ1n) is 7.80. The third-order valence-electron chi connectivity index (χ3n) is 3.88. The van der Waals surface area contributed by atoms with Crippen LogP contribution in [0.3, 0.4) is 0 Å². The maximum Gasteiger partial charge on any atom is 0.253 e. The fourth-order valence-corrected chi connectivity index (χ4v) is 2.88. The molecule has 0 saturated carbocycles. The summed E-state index contributed by atoms with van der Waals surface area (Å²) >= 11 is 6.04. The molecule has 0 aliphatic carbocycles. The Bertz CT molecular complexity index is 537. The quantitative estimate of drug-likeness (QED) is 0.926. The molecule has 1 saturated heterocycles. The summed E-state index contributed by atoms with van der Waals surface area (Å²) in [4.78, 5) is 26.1. The Hall–Kier alpha value is -1.55. The molecule has 0 radical (unpaired) electrons. The van der Waals surface area contributed by atoms with E-state index in [1.807, 2.05) is 4.90 Å². The van der Waals surface area contributed by atoms with Crippen molar-refractivity contribution in [3.05, 3.63) is 34.9 Å². The van der Waals surface area contributed by atoms with Gasteiger partial charge in [0.15, 0.2) is 0 Å². The van der Waals surface area contributed by atoms with E-state index in [0.29, 0.717) is 36.0 Å². The highest BCUT2D eigenvalue weighted by Gasteiger charge is 2.24. The van der Waals surface area contributed by atoms with Gasteiger partial charge in [0, 0.05) is 25.6 Å². The molecule has 1 fully saturated rings. The minimum Gasteiger partial charge on any atom is -0.349 e. The molecule has 1 heterocycles. The summed E-state index contributed by atoms with van der Waals surface area (Å²) in [6.07, 6.45) is 2.18. The van der Waals surface area contributed by atoms with Crippen LogP contribution in [0.25, 0.3) is 0 Å². The average molecular weight is 323 g/mol. The minimum atomic E-state index is -0.141. The van der Waals surface area contributed by atoms with Crippen LogP contribution in [-0.2, 0) is 4.79 Å². The largest absolute Gasteiger partial charge is 0.349 e. The van der Waals surface area contributed by atoms with E-state index in [1.165, 1.54) is 0 Å². The lowest BCUT2D eigenvalue weighted by Gasteiger charge is -2.33. The first-order chi connectivity index (χ1) is 10.5. The van der Waals surface area contributed by atoms with Crippen molar-refractivity contribution in [1.82, 2.24) is 10.2 Å². The van der Waals surface area contributed by atoms with Crippen molar-refractivity contribution in [2.75, 3.05) is 13.1 Å². The lowest BCUT2D eigenvalue weighted by Crippen LogP contribution is -2.46. The predicted octanol–water partition coefficient (Wildman–Crippen LogP) is 3.11. The fourth-order valence-electron chi connectivity index (χ4n) is 2.66. The predicted molar refractivity (Wildman–Crippen MR) is 88.0 cm³/mol. The molecule has 1 aliphatic rings. The van der Waals surface area contributed by atoms with E-state index in [-0.39, 0.29) is 17.9 Å². The van der Waals surface area contributed by atoms with Gasteiger partial charge in [-0.3, -0.25) is 9.59 Å². The van der Waals surface area contributed by atoms with Crippen LogP contribution in [0.15, 0.2) is 24.3 Å². The van der Waals surface area contributed by atoms with Gasteiger partial charge >= 0.3 is 0 Å². The molecule has 0 atom stereocenters. The van der Waals surface area contributed by atoms with Crippen LogP contribution in [0.5, 0.6) is 0 Å². The molecule has 22 heavy (non-hydrogen) atoms. The van der Waals surface area contributed by atoms with E-state index in [0.717, 1.165) is 12.8 Å². The maximum absolute atomic E-state index is 12.2. The van der Waals surface area contributed by atoms with Gasteiger partial charge in [-0.15, -0.1) is 0 Å². The van der Waals surface area contributed by atoms with E-state index in [9.17, 15) is 9.59 Å². The van der Waals surface area contributed by atoms with Crippen LogP contribution in [-0.4, -0.2) is 35.8 Å². The molecular formula is C17H23ClN2O2. The number of piperidine rings is 1. The highest BCUT2D eigenvalue weighted by atomic mass is 35.5. The number of amides is 2. The number of carbonyl (C=O) groups is 2. The van der Waals surface area contributed by atoms with Gasteiger partial charge in [-0.25, -0.2) is 0 Å². The summed E-state index contributed by atoms with van der Waals surface area (Å²) in [6, 6.07) is 7.14. The monoisotopic (exact) mass is 322 g/mol. The molecule has 1 aromatic carbocycles. The lowest BCUT2D eigenvalue weighted by atomic mass is 10.0. The summed E-state index contributed by atoms with van der Waals surface area (Å²) in [5.74, 6) is 0.452. The molecule has 1 aromatic rings. The van der Waals surface area contributed by atoms with Gasteiger partial charge < -0.3 is 10.2 Å². The fraction of sp³-hybridized carbons (Fsp3) is 0.529. The number of nitrogens with zero attached hydrogens (tertiary/aromatic N) is 1. The highest BCUT2D eigenvalue weighted by molar-refractivity contribution is 6.33. The molecule has 4 nitrogen and oxygen atoms in total. The van der Waals surface area contributed by atoms with Crippen LogP contribution in [0.2, 0.25) is 5.02 Å². The number of rotatable bonds is 4. The van der Waals surface area contributed by atoms with E-state index in [4.69, 9.17) is 11.6 Å². The molecule has 2 amide bonds. The average Bonchev–Trinajstić information content (AvgIpc) is 2.47. The van der Waals surface area contributed by atoms with Crippen molar-refractivity contribution in [2.24, 2.45) is 5.92 Å². The zero-order valence-corrected chi connectivity index (χ0v) is 13.9. The van der Waals surface area contributed by atoms with E-state index >= 15 is 0 Å². The second-order valence-corrected chi connectivity index (χ2v) is 6.61. The zero-order chi connectivity index (χ0) is 16.1. The number of likely N-dealkylation sites (tertiary alicyclic amines) is 1. The molecule has 2 rings (SSSR count). The Morgan fingerprint density at radius 2 is 1.91 bits per heavy atom. The molecule has 0 unspecified atom stereocenters. The number of hydrogen-bond acceptors (Lipinski definition) is 2. The SMILES string of the molecule is CC(C)CC(=O)N1CCC(NC(=O)c2ccccc2Cl)CC1. The van der Waals surface area contributed by atoms with Gasteiger partial charge in [-0.2, -0.15) is 0 Å². The second kappa shape index (κ2) is 7.63. The topological polar surface area (TPSA) is 49.4 Å².